The minimum absolute atomic E-state index is 0.0952. The van der Waals surface area contributed by atoms with Crippen molar-refractivity contribution in [3.63, 3.8) is 0 Å². The van der Waals surface area contributed by atoms with Crippen LogP contribution >= 0.6 is 11.6 Å². The molecule has 1 saturated carbocycles. The first-order chi connectivity index (χ1) is 12.3. The van der Waals surface area contributed by atoms with Crippen LogP contribution in [-0.4, -0.2) is 11.8 Å². The number of hydrogen-bond acceptors (Lipinski definition) is 2. The molecule has 1 aliphatic rings. The molecule has 0 aromatic heterocycles. The molecule has 0 bridgehead atoms. The van der Waals surface area contributed by atoms with Gasteiger partial charge in [-0.15, -0.1) is 0 Å². The van der Waals surface area contributed by atoms with E-state index in [2.05, 4.69) is 10.6 Å². The molecule has 0 aliphatic heterocycles. The number of rotatable bonds is 4. The molecule has 4 nitrogen and oxygen atoms in total. The third-order valence-corrected chi connectivity index (χ3v) is 5.24. The van der Waals surface area contributed by atoms with Crippen molar-refractivity contribution < 1.29 is 9.59 Å². The highest BCUT2D eigenvalue weighted by molar-refractivity contribution is 6.31. The zero-order valence-corrected chi connectivity index (χ0v) is 16.2. The molecule has 0 saturated heterocycles. The molecule has 2 amide bonds. The van der Waals surface area contributed by atoms with Gasteiger partial charge in [0.2, 0.25) is 11.8 Å². The molecule has 0 heterocycles. The Labute approximate surface area is 158 Å². The third-order valence-electron chi connectivity index (χ3n) is 4.83. The van der Waals surface area contributed by atoms with Gasteiger partial charge in [0.05, 0.1) is 11.8 Å². The van der Waals surface area contributed by atoms with Crippen LogP contribution in [0.5, 0.6) is 0 Å². The molecule has 2 aromatic carbocycles. The third kappa shape index (κ3) is 3.91. The fourth-order valence-electron chi connectivity index (χ4n) is 3.27. The molecule has 5 heteroatoms. The van der Waals surface area contributed by atoms with Crippen LogP contribution in [0.15, 0.2) is 30.3 Å². The average Bonchev–Trinajstić information content (AvgIpc) is 3.35. The second kappa shape index (κ2) is 7.12. The van der Waals surface area contributed by atoms with Crippen LogP contribution in [0.4, 0.5) is 11.4 Å². The lowest BCUT2D eigenvalue weighted by Gasteiger charge is -2.13. The normalized spacial score (nSPS) is 18.3. The summed E-state index contributed by atoms with van der Waals surface area (Å²) in [6.45, 7) is 7.90. The second-order valence-corrected chi connectivity index (χ2v) is 7.57. The van der Waals surface area contributed by atoms with Gasteiger partial charge in [0, 0.05) is 16.4 Å². The lowest BCUT2D eigenvalue weighted by Crippen LogP contribution is -2.21. The van der Waals surface area contributed by atoms with Gasteiger partial charge in [-0.3, -0.25) is 9.59 Å². The first-order valence-electron chi connectivity index (χ1n) is 8.72. The van der Waals surface area contributed by atoms with E-state index in [0.717, 1.165) is 22.4 Å². The SMILES string of the molecule is Cc1cc(C)c(NC(=O)C2CC2C(=O)Nc2ccc(C)c(Cl)c2)c(C)c1. The van der Waals surface area contributed by atoms with Crippen molar-refractivity contribution in [2.24, 2.45) is 11.8 Å². The summed E-state index contributed by atoms with van der Waals surface area (Å²) < 4.78 is 0. The van der Waals surface area contributed by atoms with Crippen LogP contribution in [0.3, 0.4) is 0 Å². The van der Waals surface area contributed by atoms with E-state index in [1.165, 1.54) is 5.56 Å². The van der Waals surface area contributed by atoms with Crippen LogP contribution in [-0.2, 0) is 9.59 Å². The van der Waals surface area contributed by atoms with E-state index in [4.69, 9.17) is 11.6 Å². The number of halogens is 1. The highest BCUT2D eigenvalue weighted by Gasteiger charge is 2.48. The summed E-state index contributed by atoms with van der Waals surface area (Å²) >= 11 is 6.09. The van der Waals surface area contributed by atoms with Gasteiger partial charge in [0.1, 0.15) is 0 Å². The van der Waals surface area contributed by atoms with E-state index >= 15 is 0 Å². The summed E-state index contributed by atoms with van der Waals surface area (Å²) in [6, 6.07) is 9.49. The van der Waals surface area contributed by atoms with Crippen molar-refractivity contribution in [1.29, 1.82) is 0 Å². The number of benzene rings is 2. The summed E-state index contributed by atoms with van der Waals surface area (Å²) in [6.07, 6.45) is 0.571. The summed E-state index contributed by atoms with van der Waals surface area (Å²) in [4.78, 5) is 24.9. The van der Waals surface area contributed by atoms with Gasteiger partial charge in [-0.25, -0.2) is 0 Å². The maximum absolute atomic E-state index is 12.5. The zero-order chi connectivity index (χ0) is 19.0. The van der Waals surface area contributed by atoms with Gasteiger partial charge >= 0.3 is 0 Å². The molecule has 2 N–H and O–H groups in total. The van der Waals surface area contributed by atoms with Crippen LogP contribution in [0, 0.1) is 39.5 Å². The fraction of sp³-hybridized carbons (Fsp3) is 0.333. The maximum atomic E-state index is 12.5. The lowest BCUT2D eigenvalue weighted by atomic mass is 10.0. The minimum atomic E-state index is -0.291. The van der Waals surface area contributed by atoms with Crippen LogP contribution in [0.2, 0.25) is 5.02 Å². The average molecular weight is 371 g/mol. The monoisotopic (exact) mass is 370 g/mol. The Hall–Kier alpha value is -2.33. The number of amides is 2. The highest BCUT2D eigenvalue weighted by atomic mass is 35.5. The summed E-state index contributed by atoms with van der Waals surface area (Å²) in [5.74, 6) is -0.804. The van der Waals surface area contributed by atoms with Crippen molar-refractivity contribution in [3.05, 3.63) is 57.6 Å². The lowest BCUT2D eigenvalue weighted by molar-refractivity contribution is -0.122. The van der Waals surface area contributed by atoms with Gasteiger partial charge in [-0.1, -0.05) is 35.4 Å². The Morgan fingerprint density at radius 3 is 2.04 bits per heavy atom. The first kappa shape index (κ1) is 18.5. The number of nitrogens with one attached hydrogen (secondary N) is 2. The second-order valence-electron chi connectivity index (χ2n) is 7.16. The molecule has 1 aliphatic carbocycles. The Morgan fingerprint density at radius 1 is 0.885 bits per heavy atom. The summed E-state index contributed by atoms with van der Waals surface area (Å²) in [7, 11) is 0. The minimum Gasteiger partial charge on any atom is -0.326 e. The van der Waals surface area contributed by atoms with Crippen molar-refractivity contribution in [2.45, 2.75) is 34.1 Å². The largest absolute Gasteiger partial charge is 0.326 e. The number of carbonyl (C=O) groups is 2. The Kier molecular flexibility index (Phi) is 5.05. The van der Waals surface area contributed by atoms with Crippen molar-refractivity contribution in [3.8, 4) is 0 Å². The van der Waals surface area contributed by atoms with Crippen molar-refractivity contribution >= 4 is 34.8 Å². The van der Waals surface area contributed by atoms with Crippen molar-refractivity contribution in [1.82, 2.24) is 0 Å². The molecule has 1 fully saturated rings. The Morgan fingerprint density at radius 2 is 1.46 bits per heavy atom. The van der Waals surface area contributed by atoms with Crippen LogP contribution < -0.4 is 10.6 Å². The van der Waals surface area contributed by atoms with E-state index in [1.54, 1.807) is 6.07 Å². The number of hydrogen-bond donors (Lipinski definition) is 2. The fourth-order valence-corrected chi connectivity index (χ4v) is 3.45. The van der Waals surface area contributed by atoms with Gasteiger partial charge in [-0.2, -0.15) is 0 Å². The summed E-state index contributed by atoms with van der Waals surface area (Å²) in [5, 5.41) is 6.45. The van der Waals surface area contributed by atoms with E-state index in [1.807, 2.05) is 52.0 Å². The number of anilines is 2. The molecule has 136 valence electrons. The van der Waals surface area contributed by atoms with Crippen LogP contribution in [0.25, 0.3) is 0 Å². The van der Waals surface area contributed by atoms with Gasteiger partial charge in [-0.05, 0) is 62.9 Å². The van der Waals surface area contributed by atoms with Gasteiger partial charge in [0.25, 0.3) is 0 Å². The topological polar surface area (TPSA) is 58.2 Å². The molecule has 2 aromatic rings. The molecule has 2 atom stereocenters. The first-order valence-corrected chi connectivity index (χ1v) is 9.10. The zero-order valence-electron chi connectivity index (χ0n) is 15.4. The van der Waals surface area contributed by atoms with Gasteiger partial charge in [0.15, 0.2) is 0 Å². The molecular weight excluding hydrogens is 348 g/mol. The molecule has 26 heavy (non-hydrogen) atoms. The molecule has 3 rings (SSSR count). The molecular formula is C21H23ClN2O2. The Bertz CT molecular complexity index is 869. The maximum Gasteiger partial charge on any atom is 0.228 e. The van der Waals surface area contributed by atoms with E-state index in [-0.39, 0.29) is 23.7 Å². The predicted octanol–water partition coefficient (Wildman–Crippen LogP) is 4.79. The number of aryl methyl sites for hydroxylation is 4. The molecule has 2 unspecified atom stereocenters. The van der Waals surface area contributed by atoms with E-state index in [0.29, 0.717) is 17.1 Å². The molecule has 0 spiro atoms. The van der Waals surface area contributed by atoms with Crippen LogP contribution in [0.1, 0.15) is 28.7 Å². The smallest absolute Gasteiger partial charge is 0.228 e. The standard InChI is InChI=1S/C21H23ClN2O2/c1-11-7-13(3)19(14(4)8-11)24-21(26)17-10-16(17)20(25)23-15-6-5-12(2)18(22)9-15/h5-9,16-17H,10H2,1-4H3,(H,23,25)(H,24,26). The highest BCUT2D eigenvalue weighted by Crippen LogP contribution is 2.41. The van der Waals surface area contributed by atoms with E-state index < -0.39 is 0 Å². The predicted molar refractivity (Wildman–Crippen MR) is 106 cm³/mol. The molecule has 0 radical (unpaired) electrons. The van der Waals surface area contributed by atoms with E-state index in [9.17, 15) is 9.59 Å². The van der Waals surface area contributed by atoms with Gasteiger partial charge < -0.3 is 10.6 Å². The quantitative estimate of drug-likeness (QED) is 0.813. The summed E-state index contributed by atoms with van der Waals surface area (Å²) in [5.41, 5.74) is 5.69. The number of carbonyl (C=O) groups excluding carboxylic acids is 2. The Balaban J connectivity index is 1.62. The van der Waals surface area contributed by atoms with Crippen molar-refractivity contribution in [2.75, 3.05) is 10.6 Å².